The Morgan fingerprint density at radius 3 is 2.36 bits per heavy atom. The molecule has 2 aliphatic heterocycles. The van der Waals surface area contributed by atoms with E-state index in [1.807, 2.05) is 36.1 Å². The maximum absolute atomic E-state index is 13.9. The van der Waals surface area contributed by atoms with E-state index in [0.717, 1.165) is 24.0 Å². The van der Waals surface area contributed by atoms with Crippen LogP contribution in [-0.4, -0.2) is 42.7 Å². The summed E-state index contributed by atoms with van der Waals surface area (Å²) in [5, 5.41) is 0. The number of nitrogens with zero attached hydrogens (tertiary/aromatic N) is 2. The molecule has 0 aromatic heterocycles. The topological polar surface area (TPSA) is 57.7 Å². The van der Waals surface area contributed by atoms with E-state index in [1.165, 1.54) is 28.6 Å². The number of rotatable bonds is 3. The van der Waals surface area contributed by atoms with Crippen molar-refractivity contribution in [2.45, 2.75) is 36.7 Å². The van der Waals surface area contributed by atoms with Crippen LogP contribution in [0.2, 0.25) is 0 Å². The summed E-state index contributed by atoms with van der Waals surface area (Å²) in [5.74, 6) is -0.651. The number of hydrogen-bond acceptors (Lipinski definition) is 3. The molecule has 146 valence electrons. The highest BCUT2D eigenvalue weighted by Gasteiger charge is 2.58. The predicted octanol–water partition coefficient (Wildman–Crippen LogP) is 3.20. The van der Waals surface area contributed by atoms with E-state index in [4.69, 9.17) is 0 Å². The smallest absolute Gasteiger partial charge is 0.254 e. The molecular formula is C21H21FN2O3S. The van der Waals surface area contributed by atoms with Crippen molar-refractivity contribution in [1.82, 2.24) is 9.21 Å². The molecular weight excluding hydrogens is 379 g/mol. The molecule has 1 saturated heterocycles. The van der Waals surface area contributed by atoms with Gasteiger partial charge in [0.05, 0.1) is 6.04 Å². The number of carbonyl (C=O) groups is 1. The average molecular weight is 400 g/mol. The molecule has 0 N–H and O–H groups in total. The molecule has 3 aliphatic rings. The van der Waals surface area contributed by atoms with Crippen LogP contribution in [0.4, 0.5) is 4.39 Å². The zero-order chi connectivity index (χ0) is 19.7. The SMILES string of the molecule is CC1c2ccccc2C(=O)N1C1CC2(C1)CN(S(=O)(=O)c1ccccc1F)C2. The lowest BCUT2D eigenvalue weighted by Gasteiger charge is -2.60. The van der Waals surface area contributed by atoms with Crippen molar-refractivity contribution < 1.29 is 17.6 Å². The van der Waals surface area contributed by atoms with Gasteiger partial charge in [0.2, 0.25) is 10.0 Å². The maximum atomic E-state index is 13.9. The van der Waals surface area contributed by atoms with Gasteiger partial charge in [-0.25, -0.2) is 12.8 Å². The fourth-order valence-corrected chi connectivity index (χ4v) is 6.79. The Labute approximate surface area is 163 Å². The number of amides is 1. The maximum Gasteiger partial charge on any atom is 0.254 e. The molecule has 1 aliphatic carbocycles. The van der Waals surface area contributed by atoms with Crippen LogP contribution in [0.1, 0.15) is 41.7 Å². The van der Waals surface area contributed by atoms with Gasteiger partial charge in [-0.3, -0.25) is 4.79 Å². The Balaban J connectivity index is 1.27. The van der Waals surface area contributed by atoms with E-state index < -0.39 is 15.8 Å². The first-order valence-electron chi connectivity index (χ1n) is 9.49. The van der Waals surface area contributed by atoms with Crippen molar-refractivity contribution in [3.05, 3.63) is 65.5 Å². The molecule has 1 unspecified atom stereocenters. The first-order valence-corrected chi connectivity index (χ1v) is 10.9. The summed E-state index contributed by atoms with van der Waals surface area (Å²) >= 11 is 0. The van der Waals surface area contributed by atoms with Gasteiger partial charge in [0.15, 0.2) is 0 Å². The van der Waals surface area contributed by atoms with Crippen molar-refractivity contribution in [1.29, 1.82) is 0 Å². The number of carbonyl (C=O) groups excluding carboxylic acids is 1. The highest BCUT2D eigenvalue weighted by Crippen LogP contribution is 2.54. The summed E-state index contributed by atoms with van der Waals surface area (Å²) in [6.45, 7) is 2.83. The molecule has 2 aromatic carbocycles. The molecule has 1 saturated carbocycles. The molecule has 28 heavy (non-hydrogen) atoms. The number of sulfonamides is 1. The monoisotopic (exact) mass is 400 g/mol. The van der Waals surface area contributed by atoms with E-state index in [-0.39, 0.29) is 28.3 Å². The van der Waals surface area contributed by atoms with Crippen LogP contribution in [0, 0.1) is 11.2 Å². The lowest BCUT2D eigenvalue weighted by Crippen LogP contribution is -2.67. The Bertz CT molecular complexity index is 1070. The highest BCUT2D eigenvalue weighted by atomic mass is 32.2. The third-order valence-corrected chi connectivity index (χ3v) is 8.33. The quantitative estimate of drug-likeness (QED) is 0.795. The van der Waals surface area contributed by atoms with E-state index in [9.17, 15) is 17.6 Å². The van der Waals surface area contributed by atoms with E-state index in [0.29, 0.717) is 13.1 Å². The van der Waals surface area contributed by atoms with Crippen molar-refractivity contribution in [3.8, 4) is 0 Å². The standard InChI is InChI=1S/C21H21FN2O3S/c1-14-16-6-2-3-7-17(16)20(25)24(14)15-10-21(11-15)12-23(13-21)28(26,27)19-9-5-4-8-18(19)22/h2-9,14-15H,10-13H2,1H3. The van der Waals surface area contributed by atoms with Gasteiger partial charge in [-0.2, -0.15) is 4.31 Å². The first-order chi connectivity index (χ1) is 13.3. The van der Waals surface area contributed by atoms with Crippen LogP contribution in [0.15, 0.2) is 53.4 Å². The van der Waals surface area contributed by atoms with Gasteiger partial charge in [0, 0.05) is 30.1 Å². The minimum absolute atomic E-state index is 0.0457. The van der Waals surface area contributed by atoms with Crippen LogP contribution in [0.25, 0.3) is 0 Å². The van der Waals surface area contributed by atoms with Gasteiger partial charge in [-0.1, -0.05) is 30.3 Å². The molecule has 2 fully saturated rings. The van der Waals surface area contributed by atoms with E-state index in [2.05, 4.69) is 0 Å². The van der Waals surface area contributed by atoms with Gasteiger partial charge in [-0.15, -0.1) is 0 Å². The number of halogens is 1. The van der Waals surface area contributed by atoms with Gasteiger partial charge in [0.25, 0.3) is 5.91 Å². The molecule has 1 atom stereocenters. The second-order valence-corrected chi connectivity index (χ2v) is 10.1. The highest BCUT2D eigenvalue weighted by molar-refractivity contribution is 7.89. The molecule has 5 nitrogen and oxygen atoms in total. The molecule has 2 aromatic rings. The Hall–Kier alpha value is -2.25. The summed E-state index contributed by atoms with van der Waals surface area (Å²) in [5.41, 5.74) is 1.75. The third-order valence-electron chi connectivity index (χ3n) is 6.50. The number of benzene rings is 2. The summed E-state index contributed by atoms with van der Waals surface area (Å²) in [6, 6.07) is 13.4. The van der Waals surface area contributed by atoms with Crippen molar-refractivity contribution >= 4 is 15.9 Å². The normalized spacial score (nSPS) is 24.1. The molecule has 2 heterocycles. The molecule has 0 bridgehead atoms. The number of hydrogen-bond donors (Lipinski definition) is 0. The van der Waals surface area contributed by atoms with Crippen LogP contribution >= 0.6 is 0 Å². The third kappa shape index (κ3) is 2.39. The van der Waals surface area contributed by atoms with Gasteiger partial charge < -0.3 is 4.90 Å². The minimum Gasteiger partial charge on any atom is -0.329 e. The Kier molecular flexibility index (Phi) is 3.74. The Morgan fingerprint density at radius 1 is 1.04 bits per heavy atom. The van der Waals surface area contributed by atoms with Crippen molar-refractivity contribution in [2.24, 2.45) is 5.41 Å². The molecule has 7 heteroatoms. The predicted molar refractivity (Wildman–Crippen MR) is 102 cm³/mol. The molecule has 5 rings (SSSR count). The minimum atomic E-state index is -3.80. The molecule has 1 spiro atoms. The van der Waals surface area contributed by atoms with E-state index in [1.54, 1.807) is 0 Å². The van der Waals surface area contributed by atoms with Crippen LogP contribution in [0.3, 0.4) is 0 Å². The lowest BCUT2D eigenvalue weighted by molar-refractivity contribution is -0.0721. The first kappa shape index (κ1) is 17.8. The van der Waals surface area contributed by atoms with Gasteiger partial charge >= 0.3 is 0 Å². The van der Waals surface area contributed by atoms with Crippen molar-refractivity contribution in [2.75, 3.05) is 13.1 Å². The summed E-state index contributed by atoms with van der Waals surface area (Å²) in [4.78, 5) is 14.5. The summed E-state index contributed by atoms with van der Waals surface area (Å²) in [6.07, 6.45) is 1.58. The van der Waals surface area contributed by atoms with Crippen LogP contribution < -0.4 is 0 Å². The lowest BCUT2D eigenvalue weighted by atomic mass is 9.61. The molecule has 0 radical (unpaired) electrons. The fourth-order valence-electron chi connectivity index (χ4n) is 5.06. The van der Waals surface area contributed by atoms with Crippen LogP contribution in [0.5, 0.6) is 0 Å². The second kappa shape index (κ2) is 5.87. The summed E-state index contributed by atoms with van der Waals surface area (Å²) < 4.78 is 40.6. The van der Waals surface area contributed by atoms with Crippen LogP contribution in [-0.2, 0) is 10.0 Å². The Morgan fingerprint density at radius 2 is 1.68 bits per heavy atom. The fraction of sp³-hybridized carbons (Fsp3) is 0.381. The summed E-state index contributed by atoms with van der Waals surface area (Å²) in [7, 11) is -3.80. The average Bonchev–Trinajstić information content (AvgIpc) is 2.85. The van der Waals surface area contributed by atoms with Crippen molar-refractivity contribution in [3.63, 3.8) is 0 Å². The van der Waals surface area contributed by atoms with Gasteiger partial charge in [0.1, 0.15) is 10.7 Å². The molecule has 1 amide bonds. The largest absolute Gasteiger partial charge is 0.329 e. The number of fused-ring (bicyclic) bond motifs is 1. The van der Waals surface area contributed by atoms with E-state index >= 15 is 0 Å². The zero-order valence-corrected chi connectivity index (χ0v) is 16.3. The second-order valence-electron chi connectivity index (χ2n) is 8.24. The van der Waals surface area contributed by atoms with Gasteiger partial charge in [-0.05, 0) is 43.5 Å². The zero-order valence-electron chi connectivity index (χ0n) is 15.5.